The molecule has 0 radical (unpaired) electrons. The molecule has 4 aromatic rings. The van der Waals surface area contributed by atoms with Gasteiger partial charge in [-0.15, -0.1) is 0 Å². The van der Waals surface area contributed by atoms with E-state index in [0.29, 0.717) is 5.82 Å². The average Bonchev–Trinajstić information content (AvgIpc) is 3.11. The lowest BCUT2D eigenvalue weighted by Gasteiger charge is -2.02. The van der Waals surface area contributed by atoms with Crippen molar-refractivity contribution in [1.82, 2.24) is 20.2 Å². The van der Waals surface area contributed by atoms with Crippen LogP contribution in [0.4, 0.5) is 5.82 Å². The molecule has 108 valence electrons. The van der Waals surface area contributed by atoms with Crippen molar-refractivity contribution in [3.05, 3.63) is 65.9 Å². The Morgan fingerprint density at radius 1 is 0.955 bits per heavy atom. The van der Waals surface area contributed by atoms with Gasteiger partial charge in [0.25, 0.3) is 0 Å². The van der Waals surface area contributed by atoms with Crippen molar-refractivity contribution in [3.63, 3.8) is 0 Å². The highest BCUT2D eigenvalue weighted by Gasteiger charge is 2.16. The summed E-state index contributed by atoms with van der Waals surface area (Å²) in [4.78, 5) is 7.94. The minimum Gasteiger partial charge on any atom is -0.382 e. The Bertz CT molecular complexity index is 888. The van der Waals surface area contributed by atoms with Crippen molar-refractivity contribution in [1.29, 1.82) is 0 Å². The number of anilines is 1. The van der Waals surface area contributed by atoms with Crippen molar-refractivity contribution < 1.29 is 0 Å². The van der Waals surface area contributed by atoms with Gasteiger partial charge < -0.3 is 10.7 Å². The molecule has 0 spiro atoms. The molecule has 4 N–H and O–H groups in total. The van der Waals surface area contributed by atoms with E-state index in [1.54, 1.807) is 0 Å². The van der Waals surface area contributed by atoms with Gasteiger partial charge >= 0.3 is 0 Å². The number of nitrogens with zero attached hydrogens (tertiary/aromatic N) is 2. The summed E-state index contributed by atoms with van der Waals surface area (Å²) in [5.74, 6) is 1.21. The topological polar surface area (TPSA) is 83.4 Å². The van der Waals surface area contributed by atoms with Crippen LogP contribution in [-0.4, -0.2) is 20.2 Å². The summed E-state index contributed by atoms with van der Waals surface area (Å²) >= 11 is 0. The number of benzene rings is 2. The van der Waals surface area contributed by atoms with Crippen LogP contribution >= 0.6 is 0 Å². The molecule has 0 aliphatic heterocycles. The van der Waals surface area contributed by atoms with E-state index >= 15 is 0 Å². The second kappa shape index (κ2) is 5.04. The van der Waals surface area contributed by atoms with Gasteiger partial charge in [0.15, 0.2) is 5.82 Å². The number of aromatic amines is 2. The fraction of sp³-hybridized carbons (Fsp3) is 0.0588. The average molecular weight is 289 g/mol. The molecule has 0 saturated heterocycles. The van der Waals surface area contributed by atoms with Gasteiger partial charge in [-0.05, 0) is 17.7 Å². The fourth-order valence-corrected chi connectivity index (χ4v) is 2.66. The van der Waals surface area contributed by atoms with Crippen LogP contribution in [0, 0.1) is 0 Å². The SMILES string of the molecule is Nc1n[nH]c(Cc2ccccc2)c1-c1nc2ccccc2[nH]1. The molecular weight excluding hydrogens is 274 g/mol. The Morgan fingerprint density at radius 3 is 2.55 bits per heavy atom. The van der Waals surface area contributed by atoms with Gasteiger partial charge in [-0.1, -0.05) is 42.5 Å². The summed E-state index contributed by atoms with van der Waals surface area (Å²) in [6, 6.07) is 18.1. The first kappa shape index (κ1) is 12.6. The van der Waals surface area contributed by atoms with Crippen molar-refractivity contribution in [2.45, 2.75) is 6.42 Å². The van der Waals surface area contributed by atoms with E-state index in [2.05, 4.69) is 32.3 Å². The summed E-state index contributed by atoms with van der Waals surface area (Å²) < 4.78 is 0. The van der Waals surface area contributed by atoms with Gasteiger partial charge in [-0.2, -0.15) is 5.10 Å². The highest BCUT2D eigenvalue weighted by molar-refractivity contribution is 5.82. The second-order valence-electron chi connectivity index (χ2n) is 5.23. The van der Waals surface area contributed by atoms with Crippen LogP contribution in [0.2, 0.25) is 0 Å². The summed E-state index contributed by atoms with van der Waals surface area (Å²) in [7, 11) is 0. The number of para-hydroxylation sites is 2. The highest BCUT2D eigenvalue weighted by Crippen LogP contribution is 2.28. The summed E-state index contributed by atoms with van der Waals surface area (Å²) in [6.07, 6.45) is 0.734. The Morgan fingerprint density at radius 2 is 1.73 bits per heavy atom. The molecule has 0 amide bonds. The molecule has 2 aromatic carbocycles. The first-order valence-electron chi connectivity index (χ1n) is 7.13. The number of hydrogen-bond donors (Lipinski definition) is 3. The third-order valence-corrected chi connectivity index (χ3v) is 3.72. The Labute approximate surface area is 127 Å². The standard InChI is InChI=1S/C17H15N5/c18-16-15(17-19-12-8-4-5-9-13(12)20-17)14(21-22-16)10-11-6-2-1-3-7-11/h1-9H,10H2,(H,19,20)(H3,18,21,22). The molecule has 0 aliphatic carbocycles. The monoisotopic (exact) mass is 289 g/mol. The number of fused-ring (bicyclic) bond motifs is 1. The van der Waals surface area contributed by atoms with E-state index in [9.17, 15) is 0 Å². The maximum Gasteiger partial charge on any atom is 0.156 e. The Hall–Kier alpha value is -3.08. The molecule has 2 aromatic heterocycles. The summed E-state index contributed by atoms with van der Waals surface area (Å²) in [5, 5.41) is 7.18. The van der Waals surface area contributed by atoms with E-state index in [4.69, 9.17) is 5.73 Å². The lowest BCUT2D eigenvalue weighted by molar-refractivity contribution is 0.999. The molecule has 0 bridgehead atoms. The lowest BCUT2D eigenvalue weighted by atomic mass is 10.1. The minimum absolute atomic E-state index is 0.463. The third-order valence-electron chi connectivity index (χ3n) is 3.72. The van der Waals surface area contributed by atoms with Crippen LogP contribution in [0.3, 0.4) is 0 Å². The minimum atomic E-state index is 0.463. The van der Waals surface area contributed by atoms with Crippen molar-refractivity contribution in [2.24, 2.45) is 0 Å². The van der Waals surface area contributed by atoms with Crippen LogP contribution in [-0.2, 0) is 6.42 Å². The van der Waals surface area contributed by atoms with Gasteiger partial charge in [0.2, 0.25) is 0 Å². The number of rotatable bonds is 3. The number of hydrogen-bond acceptors (Lipinski definition) is 3. The Kier molecular flexibility index (Phi) is 2.89. The van der Waals surface area contributed by atoms with Crippen molar-refractivity contribution in [2.75, 3.05) is 5.73 Å². The number of nitrogen functional groups attached to an aromatic ring is 1. The van der Waals surface area contributed by atoms with Crippen LogP contribution in [0.25, 0.3) is 22.4 Å². The van der Waals surface area contributed by atoms with Crippen molar-refractivity contribution in [3.8, 4) is 11.4 Å². The maximum atomic E-state index is 6.05. The zero-order valence-corrected chi connectivity index (χ0v) is 11.9. The maximum absolute atomic E-state index is 6.05. The third kappa shape index (κ3) is 2.13. The zero-order chi connectivity index (χ0) is 14.9. The molecule has 0 aliphatic rings. The molecular formula is C17H15N5. The predicted molar refractivity (Wildman–Crippen MR) is 87.3 cm³/mol. The van der Waals surface area contributed by atoms with Crippen molar-refractivity contribution >= 4 is 16.9 Å². The number of imidazole rings is 1. The predicted octanol–water partition coefficient (Wildman–Crippen LogP) is 3.13. The highest BCUT2D eigenvalue weighted by atomic mass is 15.2. The quantitative estimate of drug-likeness (QED) is 0.542. The van der Waals surface area contributed by atoms with E-state index < -0.39 is 0 Å². The first-order valence-corrected chi connectivity index (χ1v) is 7.13. The zero-order valence-electron chi connectivity index (χ0n) is 11.9. The van der Waals surface area contributed by atoms with E-state index in [1.165, 1.54) is 5.56 Å². The number of H-pyrrole nitrogens is 2. The molecule has 5 nitrogen and oxygen atoms in total. The van der Waals surface area contributed by atoms with Crippen LogP contribution in [0.5, 0.6) is 0 Å². The fourth-order valence-electron chi connectivity index (χ4n) is 2.66. The summed E-state index contributed by atoms with van der Waals surface area (Å²) in [5.41, 5.74) is 11.0. The number of nitrogens with one attached hydrogen (secondary N) is 2. The molecule has 2 heterocycles. The van der Waals surface area contributed by atoms with Crippen LogP contribution in [0.1, 0.15) is 11.3 Å². The van der Waals surface area contributed by atoms with Crippen LogP contribution in [0.15, 0.2) is 54.6 Å². The van der Waals surface area contributed by atoms with E-state index in [-0.39, 0.29) is 0 Å². The molecule has 5 heteroatoms. The normalized spacial score (nSPS) is 11.1. The van der Waals surface area contributed by atoms with E-state index in [0.717, 1.165) is 34.5 Å². The second-order valence-corrected chi connectivity index (χ2v) is 5.23. The molecule has 0 fully saturated rings. The largest absolute Gasteiger partial charge is 0.382 e. The summed E-state index contributed by atoms with van der Waals surface area (Å²) in [6.45, 7) is 0. The van der Waals surface area contributed by atoms with Gasteiger partial charge in [-0.3, -0.25) is 5.10 Å². The van der Waals surface area contributed by atoms with Gasteiger partial charge in [0.1, 0.15) is 5.82 Å². The van der Waals surface area contributed by atoms with Gasteiger partial charge in [0, 0.05) is 6.42 Å². The molecule has 0 unspecified atom stereocenters. The molecule has 0 saturated carbocycles. The number of aromatic nitrogens is 4. The molecule has 22 heavy (non-hydrogen) atoms. The van der Waals surface area contributed by atoms with Gasteiger partial charge in [-0.25, -0.2) is 4.98 Å². The first-order chi connectivity index (χ1) is 10.8. The molecule has 4 rings (SSSR count). The Balaban J connectivity index is 1.79. The molecule has 0 atom stereocenters. The smallest absolute Gasteiger partial charge is 0.156 e. The number of nitrogens with two attached hydrogens (primary N) is 1. The van der Waals surface area contributed by atoms with Gasteiger partial charge in [0.05, 0.1) is 22.3 Å². The lowest BCUT2D eigenvalue weighted by Crippen LogP contribution is -1.94. The van der Waals surface area contributed by atoms with Crippen LogP contribution < -0.4 is 5.73 Å². The van der Waals surface area contributed by atoms with E-state index in [1.807, 2.05) is 42.5 Å².